The van der Waals surface area contributed by atoms with E-state index in [0.29, 0.717) is 12.8 Å². The van der Waals surface area contributed by atoms with Crippen LogP contribution in [0.3, 0.4) is 0 Å². The highest BCUT2D eigenvalue weighted by molar-refractivity contribution is 5.76. The Bertz CT molecular complexity index is 368. The molecule has 2 N–H and O–H groups in total. The lowest BCUT2D eigenvalue weighted by Gasteiger charge is -2.21. The van der Waals surface area contributed by atoms with Gasteiger partial charge in [-0.15, -0.1) is 0 Å². The molecule has 0 aromatic heterocycles. The van der Waals surface area contributed by atoms with Gasteiger partial charge < -0.3 is 10.4 Å². The molecule has 0 heterocycles. The first-order chi connectivity index (χ1) is 8.40. The Balaban J connectivity index is 2.50. The molecule has 1 rings (SSSR count). The maximum atomic E-state index is 11.8. The Morgan fingerprint density at radius 3 is 2.39 bits per heavy atom. The number of rotatable bonds is 5. The van der Waals surface area contributed by atoms with E-state index in [2.05, 4.69) is 5.32 Å². The van der Waals surface area contributed by atoms with Crippen molar-refractivity contribution in [3.05, 3.63) is 35.9 Å². The normalized spacial score (nSPS) is 13.1. The van der Waals surface area contributed by atoms with Crippen LogP contribution >= 0.6 is 0 Å². The molecule has 1 aromatic carbocycles. The van der Waals surface area contributed by atoms with Crippen LogP contribution in [0.15, 0.2) is 30.3 Å². The van der Waals surface area contributed by atoms with Crippen LogP contribution in [-0.4, -0.2) is 23.7 Å². The van der Waals surface area contributed by atoms with Crippen molar-refractivity contribution in [1.82, 2.24) is 5.32 Å². The third-order valence-corrected chi connectivity index (χ3v) is 2.60. The second-order valence-corrected chi connectivity index (χ2v) is 5.87. The average Bonchev–Trinajstić information content (AvgIpc) is 2.27. The molecule has 3 nitrogen and oxygen atoms in total. The number of benzene rings is 1. The number of hydrogen-bond acceptors (Lipinski definition) is 2. The summed E-state index contributed by atoms with van der Waals surface area (Å²) in [4.78, 5) is 11.8. The third kappa shape index (κ3) is 5.82. The van der Waals surface area contributed by atoms with Gasteiger partial charge in [-0.2, -0.15) is 0 Å². The molecular weight excluding hydrogens is 226 g/mol. The molecule has 0 saturated heterocycles. The number of carbonyl (C=O) groups excluding carboxylic acids is 1. The number of carbonyl (C=O) groups is 1. The lowest BCUT2D eigenvalue weighted by Crippen LogP contribution is -2.40. The van der Waals surface area contributed by atoms with Crippen LogP contribution in [0.2, 0.25) is 0 Å². The fourth-order valence-electron chi connectivity index (χ4n) is 1.82. The Hall–Kier alpha value is -1.35. The molecule has 0 bridgehead atoms. The summed E-state index contributed by atoms with van der Waals surface area (Å²) in [6.45, 7) is 6.04. The van der Waals surface area contributed by atoms with E-state index in [1.807, 2.05) is 51.1 Å². The standard InChI is InChI=1S/C15H23NO2/c1-15(2,3)10-14(18)16-13(11-17)9-12-7-5-4-6-8-12/h4-8,13,17H,9-11H2,1-3H3,(H,16,18)/t13-/m1/s1. The molecule has 3 heteroatoms. The number of nitrogens with one attached hydrogen (secondary N) is 1. The van der Waals surface area contributed by atoms with Crippen molar-refractivity contribution in [2.45, 2.75) is 39.7 Å². The number of hydrogen-bond donors (Lipinski definition) is 2. The van der Waals surface area contributed by atoms with E-state index < -0.39 is 0 Å². The van der Waals surface area contributed by atoms with Crippen LogP contribution < -0.4 is 5.32 Å². The molecule has 1 amide bonds. The van der Waals surface area contributed by atoms with Gasteiger partial charge >= 0.3 is 0 Å². The first-order valence-electron chi connectivity index (χ1n) is 6.35. The van der Waals surface area contributed by atoms with Gasteiger partial charge in [-0.25, -0.2) is 0 Å². The zero-order valence-electron chi connectivity index (χ0n) is 11.4. The molecule has 0 aliphatic rings. The minimum absolute atomic E-state index is 0.00233. The van der Waals surface area contributed by atoms with Crippen LogP contribution in [-0.2, 0) is 11.2 Å². The van der Waals surface area contributed by atoms with E-state index in [4.69, 9.17) is 0 Å². The van der Waals surface area contributed by atoms with E-state index in [1.54, 1.807) is 0 Å². The van der Waals surface area contributed by atoms with Crippen molar-refractivity contribution >= 4 is 5.91 Å². The fraction of sp³-hybridized carbons (Fsp3) is 0.533. The minimum atomic E-state index is -0.206. The highest BCUT2D eigenvalue weighted by atomic mass is 16.3. The van der Waals surface area contributed by atoms with Gasteiger partial charge in [-0.05, 0) is 17.4 Å². The predicted molar refractivity (Wildman–Crippen MR) is 73.2 cm³/mol. The predicted octanol–water partition coefficient (Wildman–Crippen LogP) is 2.14. The Labute approximate surface area is 109 Å². The van der Waals surface area contributed by atoms with Gasteiger partial charge in [-0.3, -0.25) is 4.79 Å². The first kappa shape index (κ1) is 14.7. The van der Waals surface area contributed by atoms with Gasteiger partial charge in [0.1, 0.15) is 0 Å². The first-order valence-corrected chi connectivity index (χ1v) is 6.35. The maximum Gasteiger partial charge on any atom is 0.220 e. The Morgan fingerprint density at radius 1 is 1.28 bits per heavy atom. The van der Waals surface area contributed by atoms with Gasteiger partial charge in [-0.1, -0.05) is 51.1 Å². The van der Waals surface area contributed by atoms with E-state index in [1.165, 1.54) is 0 Å². The lowest BCUT2D eigenvalue weighted by molar-refractivity contribution is -0.123. The number of aliphatic hydroxyl groups excluding tert-OH is 1. The molecule has 0 aliphatic carbocycles. The zero-order valence-corrected chi connectivity index (χ0v) is 11.4. The second-order valence-electron chi connectivity index (χ2n) is 5.87. The van der Waals surface area contributed by atoms with Gasteiger partial charge in [0.15, 0.2) is 0 Å². The largest absolute Gasteiger partial charge is 0.394 e. The maximum absolute atomic E-state index is 11.8. The zero-order chi connectivity index (χ0) is 13.6. The van der Waals surface area contributed by atoms with Crippen molar-refractivity contribution < 1.29 is 9.90 Å². The molecule has 0 unspecified atom stereocenters. The summed E-state index contributed by atoms with van der Waals surface area (Å²) in [5.74, 6) is -0.00233. The molecule has 18 heavy (non-hydrogen) atoms. The Kier molecular flexibility index (Phi) is 5.35. The summed E-state index contributed by atoms with van der Waals surface area (Å²) in [7, 11) is 0. The van der Waals surface area contributed by atoms with Crippen LogP contribution in [0.1, 0.15) is 32.8 Å². The summed E-state index contributed by atoms with van der Waals surface area (Å²) in [5.41, 5.74) is 1.09. The number of amides is 1. The molecule has 1 aromatic rings. The van der Waals surface area contributed by atoms with Crippen molar-refractivity contribution in [2.75, 3.05) is 6.61 Å². The molecule has 0 aliphatic heterocycles. The minimum Gasteiger partial charge on any atom is -0.394 e. The van der Waals surface area contributed by atoms with Crippen LogP contribution in [0, 0.1) is 5.41 Å². The van der Waals surface area contributed by atoms with Crippen molar-refractivity contribution in [3.63, 3.8) is 0 Å². The smallest absolute Gasteiger partial charge is 0.220 e. The lowest BCUT2D eigenvalue weighted by atomic mass is 9.91. The molecule has 0 fully saturated rings. The van der Waals surface area contributed by atoms with Gasteiger partial charge in [0.2, 0.25) is 5.91 Å². The molecule has 0 radical (unpaired) electrons. The summed E-state index contributed by atoms with van der Waals surface area (Å²) in [6.07, 6.45) is 1.13. The van der Waals surface area contributed by atoms with Crippen molar-refractivity contribution in [1.29, 1.82) is 0 Å². The van der Waals surface area contributed by atoms with Crippen LogP contribution in [0.25, 0.3) is 0 Å². The average molecular weight is 249 g/mol. The van der Waals surface area contributed by atoms with Gasteiger partial charge in [0.25, 0.3) is 0 Å². The monoisotopic (exact) mass is 249 g/mol. The highest BCUT2D eigenvalue weighted by Crippen LogP contribution is 2.18. The third-order valence-electron chi connectivity index (χ3n) is 2.60. The van der Waals surface area contributed by atoms with Crippen molar-refractivity contribution in [2.24, 2.45) is 5.41 Å². The highest BCUT2D eigenvalue weighted by Gasteiger charge is 2.18. The topological polar surface area (TPSA) is 49.3 Å². The summed E-state index contributed by atoms with van der Waals surface area (Å²) < 4.78 is 0. The summed E-state index contributed by atoms with van der Waals surface area (Å²) in [6, 6.07) is 9.66. The van der Waals surface area contributed by atoms with Crippen LogP contribution in [0.4, 0.5) is 0 Å². The van der Waals surface area contributed by atoms with Crippen LogP contribution in [0.5, 0.6) is 0 Å². The summed E-state index contributed by atoms with van der Waals surface area (Å²) >= 11 is 0. The quantitative estimate of drug-likeness (QED) is 0.840. The molecule has 1 atom stereocenters. The van der Waals surface area contributed by atoms with Crippen molar-refractivity contribution in [3.8, 4) is 0 Å². The van der Waals surface area contributed by atoms with Gasteiger partial charge in [0, 0.05) is 6.42 Å². The van der Waals surface area contributed by atoms with Gasteiger partial charge in [0.05, 0.1) is 12.6 Å². The molecular formula is C15H23NO2. The molecule has 0 saturated carbocycles. The number of aliphatic hydroxyl groups is 1. The van der Waals surface area contributed by atoms with E-state index in [0.717, 1.165) is 5.56 Å². The van der Waals surface area contributed by atoms with E-state index in [-0.39, 0.29) is 24.0 Å². The summed E-state index contributed by atoms with van der Waals surface area (Å²) in [5, 5.41) is 12.2. The SMILES string of the molecule is CC(C)(C)CC(=O)N[C@@H](CO)Cc1ccccc1. The Morgan fingerprint density at radius 2 is 1.89 bits per heavy atom. The van der Waals surface area contributed by atoms with E-state index in [9.17, 15) is 9.90 Å². The second kappa shape index (κ2) is 6.55. The van der Waals surface area contributed by atoms with E-state index >= 15 is 0 Å². The molecule has 0 spiro atoms. The fourth-order valence-corrected chi connectivity index (χ4v) is 1.82. The molecule has 100 valence electrons.